The van der Waals surface area contributed by atoms with Gasteiger partial charge in [0.25, 0.3) is 0 Å². The van der Waals surface area contributed by atoms with Crippen LogP contribution in [0.3, 0.4) is 0 Å². The summed E-state index contributed by atoms with van der Waals surface area (Å²) in [6.45, 7) is 7.31. The Morgan fingerprint density at radius 3 is 2.78 bits per heavy atom. The van der Waals surface area contributed by atoms with Crippen molar-refractivity contribution in [3.8, 4) is 0 Å². The molecule has 3 nitrogen and oxygen atoms in total. The van der Waals surface area contributed by atoms with Crippen LogP contribution in [-0.2, 0) is 0 Å². The van der Waals surface area contributed by atoms with Crippen LogP contribution in [0.1, 0.15) is 42.6 Å². The Balaban J connectivity index is 2.40. The van der Waals surface area contributed by atoms with E-state index in [0.717, 1.165) is 24.2 Å². The molecule has 1 heterocycles. The van der Waals surface area contributed by atoms with Crippen LogP contribution in [0.4, 0.5) is 5.69 Å². The third kappa shape index (κ3) is 2.35. The number of nitrogens with zero attached hydrogens (tertiary/aromatic N) is 1. The molecule has 1 aliphatic heterocycles. The van der Waals surface area contributed by atoms with E-state index in [1.807, 2.05) is 19.1 Å². The molecule has 2 rings (SSSR count). The summed E-state index contributed by atoms with van der Waals surface area (Å²) in [5.74, 6) is -0.221. The lowest BCUT2D eigenvalue weighted by atomic mass is 9.91. The van der Waals surface area contributed by atoms with E-state index in [1.54, 1.807) is 6.07 Å². The van der Waals surface area contributed by atoms with Crippen molar-refractivity contribution < 1.29 is 9.90 Å². The van der Waals surface area contributed by atoms with Gasteiger partial charge in [-0.25, -0.2) is 4.79 Å². The highest BCUT2D eigenvalue weighted by atomic mass is 16.4. The van der Waals surface area contributed by atoms with E-state index in [1.165, 1.54) is 6.42 Å². The smallest absolute Gasteiger partial charge is 0.337 e. The Kier molecular flexibility index (Phi) is 3.60. The van der Waals surface area contributed by atoms with Gasteiger partial charge in [-0.2, -0.15) is 0 Å². The van der Waals surface area contributed by atoms with Gasteiger partial charge in [-0.05, 0) is 44.7 Å². The van der Waals surface area contributed by atoms with Gasteiger partial charge in [0, 0.05) is 12.6 Å². The molecule has 0 radical (unpaired) electrons. The Hall–Kier alpha value is -1.51. The second-order valence-electron chi connectivity index (χ2n) is 5.38. The van der Waals surface area contributed by atoms with E-state index in [2.05, 4.69) is 18.7 Å². The SMILES string of the molecule is Cc1ccc(N2CCCC(C)C2C)c(C(=O)O)c1. The third-order valence-corrected chi connectivity index (χ3v) is 4.07. The molecule has 1 aromatic carbocycles. The van der Waals surface area contributed by atoms with Crippen molar-refractivity contribution in [1.82, 2.24) is 0 Å². The van der Waals surface area contributed by atoms with Crippen molar-refractivity contribution in [3.05, 3.63) is 29.3 Å². The maximum Gasteiger partial charge on any atom is 0.337 e. The fourth-order valence-corrected chi connectivity index (χ4v) is 2.75. The van der Waals surface area contributed by atoms with Crippen LogP contribution in [0.15, 0.2) is 18.2 Å². The number of carboxylic acid groups (broad SMARTS) is 1. The molecule has 1 N–H and O–H groups in total. The first kappa shape index (κ1) is 12.9. The molecule has 1 saturated heterocycles. The Labute approximate surface area is 108 Å². The van der Waals surface area contributed by atoms with Crippen LogP contribution < -0.4 is 4.90 Å². The van der Waals surface area contributed by atoms with E-state index in [9.17, 15) is 9.90 Å². The molecule has 2 unspecified atom stereocenters. The second kappa shape index (κ2) is 5.01. The van der Waals surface area contributed by atoms with Crippen LogP contribution in [0.25, 0.3) is 0 Å². The third-order valence-electron chi connectivity index (χ3n) is 4.07. The monoisotopic (exact) mass is 247 g/mol. The molecule has 98 valence electrons. The van der Waals surface area contributed by atoms with Crippen molar-refractivity contribution >= 4 is 11.7 Å². The number of aromatic carboxylic acids is 1. The Morgan fingerprint density at radius 2 is 2.11 bits per heavy atom. The zero-order valence-electron chi connectivity index (χ0n) is 11.3. The lowest BCUT2D eigenvalue weighted by Crippen LogP contribution is -2.43. The predicted octanol–water partition coefficient (Wildman–Crippen LogP) is 3.32. The van der Waals surface area contributed by atoms with Crippen molar-refractivity contribution in [2.75, 3.05) is 11.4 Å². The quantitative estimate of drug-likeness (QED) is 0.871. The van der Waals surface area contributed by atoms with Gasteiger partial charge >= 0.3 is 5.97 Å². The number of benzene rings is 1. The number of rotatable bonds is 2. The molecule has 0 aliphatic carbocycles. The first-order valence-electron chi connectivity index (χ1n) is 6.61. The van der Waals surface area contributed by atoms with Gasteiger partial charge in [0.15, 0.2) is 0 Å². The standard InChI is InChI=1S/C15H21NO2/c1-10-6-7-14(13(9-10)15(17)18)16-8-4-5-11(2)12(16)3/h6-7,9,11-12H,4-5,8H2,1-3H3,(H,17,18). The number of anilines is 1. The summed E-state index contributed by atoms with van der Waals surface area (Å²) in [5.41, 5.74) is 2.29. The van der Waals surface area contributed by atoms with Crippen LogP contribution in [-0.4, -0.2) is 23.7 Å². The van der Waals surface area contributed by atoms with Gasteiger partial charge in [0.1, 0.15) is 0 Å². The van der Waals surface area contributed by atoms with Gasteiger partial charge in [-0.3, -0.25) is 0 Å². The molecule has 0 amide bonds. The summed E-state index contributed by atoms with van der Waals surface area (Å²) in [4.78, 5) is 13.6. The number of carbonyl (C=O) groups is 1. The highest BCUT2D eigenvalue weighted by Crippen LogP contribution is 2.31. The molecule has 3 heteroatoms. The molecule has 0 bridgehead atoms. The average molecular weight is 247 g/mol. The summed E-state index contributed by atoms with van der Waals surface area (Å²) >= 11 is 0. The van der Waals surface area contributed by atoms with E-state index in [0.29, 0.717) is 17.5 Å². The van der Waals surface area contributed by atoms with Crippen molar-refractivity contribution in [1.29, 1.82) is 0 Å². The Bertz CT molecular complexity index is 456. The average Bonchev–Trinajstić information content (AvgIpc) is 2.33. The molecular weight excluding hydrogens is 226 g/mol. The number of piperidine rings is 1. The fourth-order valence-electron chi connectivity index (χ4n) is 2.75. The van der Waals surface area contributed by atoms with Crippen LogP contribution >= 0.6 is 0 Å². The molecule has 0 spiro atoms. The number of hydrogen-bond acceptors (Lipinski definition) is 2. The molecule has 2 atom stereocenters. The molecule has 1 fully saturated rings. The van der Waals surface area contributed by atoms with Gasteiger partial charge in [-0.15, -0.1) is 0 Å². The zero-order chi connectivity index (χ0) is 13.3. The predicted molar refractivity (Wildman–Crippen MR) is 73.3 cm³/mol. The fraction of sp³-hybridized carbons (Fsp3) is 0.533. The summed E-state index contributed by atoms with van der Waals surface area (Å²) < 4.78 is 0. The highest BCUT2D eigenvalue weighted by molar-refractivity contribution is 5.94. The summed E-state index contributed by atoms with van der Waals surface area (Å²) in [7, 11) is 0. The molecule has 1 aromatic rings. The van der Waals surface area contributed by atoms with Crippen molar-refractivity contribution in [2.24, 2.45) is 5.92 Å². The van der Waals surface area contributed by atoms with E-state index < -0.39 is 5.97 Å². The van der Waals surface area contributed by atoms with Crippen LogP contribution in [0.2, 0.25) is 0 Å². The second-order valence-corrected chi connectivity index (χ2v) is 5.38. The summed E-state index contributed by atoms with van der Waals surface area (Å²) in [6.07, 6.45) is 2.37. The maximum absolute atomic E-state index is 11.4. The lowest BCUT2D eigenvalue weighted by molar-refractivity contribution is 0.0697. The van der Waals surface area contributed by atoms with Gasteiger partial charge < -0.3 is 10.0 Å². The van der Waals surface area contributed by atoms with Gasteiger partial charge in [-0.1, -0.05) is 18.6 Å². The largest absolute Gasteiger partial charge is 0.478 e. The van der Waals surface area contributed by atoms with Gasteiger partial charge in [0.05, 0.1) is 11.3 Å². The first-order valence-corrected chi connectivity index (χ1v) is 6.61. The summed E-state index contributed by atoms with van der Waals surface area (Å²) in [5, 5.41) is 9.35. The van der Waals surface area contributed by atoms with E-state index in [-0.39, 0.29) is 0 Å². The summed E-state index contributed by atoms with van der Waals surface area (Å²) in [6, 6.07) is 6.12. The number of carboxylic acids is 1. The van der Waals surface area contributed by atoms with Gasteiger partial charge in [0.2, 0.25) is 0 Å². The van der Waals surface area contributed by atoms with Crippen molar-refractivity contribution in [2.45, 2.75) is 39.7 Å². The zero-order valence-corrected chi connectivity index (χ0v) is 11.3. The van der Waals surface area contributed by atoms with E-state index >= 15 is 0 Å². The number of aryl methyl sites for hydroxylation is 1. The first-order chi connectivity index (χ1) is 8.50. The maximum atomic E-state index is 11.4. The topological polar surface area (TPSA) is 40.5 Å². The Morgan fingerprint density at radius 1 is 1.39 bits per heavy atom. The lowest BCUT2D eigenvalue weighted by Gasteiger charge is -2.40. The molecular formula is C15H21NO2. The minimum Gasteiger partial charge on any atom is -0.478 e. The number of hydrogen-bond donors (Lipinski definition) is 1. The molecule has 0 saturated carbocycles. The molecule has 0 aromatic heterocycles. The van der Waals surface area contributed by atoms with Crippen LogP contribution in [0, 0.1) is 12.8 Å². The van der Waals surface area contributed by atoms with E-state index in [4.69, 9.17) is 0 Å². The van der Waals surface area contributed by atoms with Crippen molar-refractivity contribution in [3.63, 3.8) is 0 Å². The molecule has 1 aliphatic rings. The minimum absolute atomic E-state index is 0.402. The normalized spacial score (nSPS) is 24.1. The minimum atomic E-state index is -0.834. The molecule has 18 heavy (non-hydrogen) atoms. The highest BCUT2D eigenvalue weighted by Gasteiger charge is 2.27. The van der Waals surface area contributed by atoms with Crippen LogP contribution in [0.5, 0.6) is 0 Å².